The summed E-state index contributed by atoms with van der Waals surface area (Å²) in [5.41, 5.74) is 14.4. The number of hydrogen-bond acceptors (Lipinski definition) is 0. The Hall–Kier alpha value is -2.84. The van der Waals surface area contributed by atoms with Gasteiger partial charge in [-0.15, -0.1) is 0 Å². The Morgan fingerprint density at radius 2 is 0.971 bits per heavy atom. The van der Waals surface area contributed by atoms with Crippen molar-refractivity contribution < 1.29 is 0 Å². The summed E-state index contributed by atoms with van der Waals surface area (Å²) in [6.07, 6.45) is 4.97. The van der Waals surface area contributed by atoms with Crippen LogP contribution in [0, 0.1) is 0 Å². The Morgan fingerprint density at radius 1 is 0.543 bits per heavy atom. The van der Waals surface area contributed by atoms with Crippen molar-refractivity contribution >= 4 is 33.3 Å². The standard InChI is InChI=1S/C33H27.CH3.Sn/c1-22-19-32-26(24-11-5-3-6-12-24)15-9-17-28(32)30(22)21-31-23(2)20-33-27(16-10-18-29(31)33)25-13-7-4-8-14-25;;/h3-21,30-31H,1-2H3;1H3;. The van der Waals surface area contributed by atoms with Crippen molar-refractivity contribution in [1.29, 1.82) is 0 Å². The molecular formula is C34H30Sn. The summed E-state index contributed by atoms with van der Waals surface area (Å²) in [4.78, 5) is 2.55. The van der Waals surface area contributed by atoms with Gasteiger partial charge < -0.3 is 0 Å². The fraction of sp³-hybridized carbons (Fsp3) is 0.176. The van der Waals surface area contributed by atoms with Crippen LogP contribution in [0.3, 0.4) is 0 Å². The van der Waals surface area contributed by atoms with Crippen molar-refractivity contribution in [2.75, 3.05) is 0 Å². The Balaban J connectivity index is 1.44. The Labute approximate surface area is 219 Å². The van der Waals surface area contributed by atoms with Crippen LogP contribution < -0.4 is 0 Å². The van der Waals surface area contributed by atoms with Crippen LogP contribution in [-0.2, 0) is 0 Å². The molecule has 0 nitrogen and oxygen atoms in total. The van der Waals surface area contributed by atoms with Gasteiger partial charge in [0.1, 0.15) is 0 Å². The van der Waals surface area contributed by atoms with E-state index in [2.05, 4.69) is 128 Å². The molecule has 2 unspecified atom stereocenters. The first-order valence-corrected chi connectivity index (χ1v) is 17.1. The van der Waals surface area contributed by atoms with Gasteiger partial charge in [-0.25, -0.2) is 0 Å². The summed E-state index contributed by atoms with van der Waals surface area (Å²) >= 11 is -0.631. The van der Waals surface area contributed by atoms with Gasteiger partial charge >= 0.3 is 221 Å². The first-order chi connectivity index (χ1) is 17.2. The van der Waals surface area contributed by atoms with Crippen LogP contribution in [0.2, 0.25) is 8.87 Å². The van der Waals surface area contributed by atoms with Gasteiger partial charge in [0.2, 0.25) is 0 Å². The summed E-state index contributed by atoms with van der Waals surface area (Å²) in [6, 6.07) is 35.7. The van der Waals surface area contributed by atoms with Crippen molar-refractivity contribution in [3.05, 3.63) is 130 Å². The van der Waals surface area contributed by atoms with Crippen LogP contribution in [0.4, 0.5) is 0 Å². The van der Waals surface area contributed by atoms with Crippen LogP contribution in [0.25, 0.3) is 34.4 Å². The molecule has 2 radical (unpaired) electrons. The molecule has 4 aromatic rings. The predicted octanol–water partition coefficient (Wildman–Crippen LogP) is 9.26. The molecule has 4 aromatic carbocycles. The molecule has 0 heterocycles. The van der Waals surface area contributed by atoms with E-state index in [-0.39, 0.29) is 0 Å². The molecule has 0 saturated heterocycles. The quantitative estimate of drug-likeness (QED) is 0.215. The second-order valence-electron chi connectivity index (χ2n) is 9.90. The second-order valence-corrected chi connectivity index (χ2v) is 13.4. The third-order valence-corrected chi connectivity index (χ3v) is 11.7. The minimum atomic E-state index is -0.631. The maximum absolute atomic E-state index is 2.55. The third kappa shape index (κ3) is 3.83. The maximum atomic E-state index is 2.55. The summed E-state index contributed by atoms with van der Waals surface area (Å²) in [6.45, 7) is 4.74. The number of benzene rings is 4. The van der Waals surface area contributed by atoms with E-state index in [1.807, 2.05) is 0 Å². The molecule has 0 fully saturated rings. The molecule has 2 aliphatic carbocycles. The van der Waals surface area contributed by atoms with Gasteiger partial charge in [-0.1, -0.05) is 0 Å². The van der Waals surface area contributed by atoms with Gasteiger partial charge in [0.15, 0.2) is 0 Å². The molecule has 2 aliphatic rings. The van der Waals surface area contributed by atoms with Crippen molar-refractivity contribution in [2.24, 2.45) is 0 Å². The van der Waals surface area contributed by atoms with Crippen molar-refractivity contribution in [1.82, 2.24) is 0 Å². The van der Waals surface area contributed by atoms with E-state index in [4.69, 9.17) is 0 Å². The fourth-order valence-corrected chi connectivity index (χ4v) is 10.8. The number of rotatable bonds is 5. The molecule has 0 spiro atoms. The Morgan fingerprint density at radius 3 is 1.37 bits per heavy atom. The molecule has 1 heteroatoms. The summed E-state index contributed by atoms with van der Waals surface area (Å²) in [7, 11) is 0. The second kappa shape index (κ2) is 9.31. The number of hydrogen-bond donors (Lipinski definition) is 0. The van der Waals surface area contributed by atoms with Crippen LogP contribution in [0.5, 0.6) is 0 Å². The zero-order chi connectivity index (χ0) is 23.9. The van der Waals surface area contributed by atoms with Gasteiger partial charge in [0, 0.05) is 0 Å². The van der Waals surface area contributed by atoms with Crippen molar-refractivity contribution in [3.8, 4) is 22.3 Å². The molecule has 0 bridgehead atoms. The van der Waals surface area contributed by atoms with E-state index in [0.717, 1.165) is 0 Å². The van der Waals surface area contributed by atoms with Gasteiger partial charge in [-0.3, -0.25) is 0 Å². The minimum absolute atomic E-state index is 0.518. The van der Waals surface area contributed by atoms with E-state index >= 15 is 0 Å². The van der Waals surface area contributed by atoms with Crippen LogP contribution in [0.1, 0.15) is 47.9 Å². The molecule has 0 aliphatic heterocycles. The molecule has 0 aromatic heterocycles. The average molecular weight is 557 g/mol. The summed E-state index contributed by atoms with van der Waals surface area (Å²) < 4.78 is 0.700. The van der Waals surface area contributed by atoms with E-state index in [1.165, 1.54) is 55.7 Å². The topological polar surface area (TPSA) is 0 Å². The molecule has 35 heavy (non-hydrogen) atoms. The van der Waals surface area contributed by atoms with Crippen LogP contribution in [0.15, 0.2) is 108 Å². The van der Waals surface area contributed by atoms with Gasteiger partial charge in [0.05, 0.1) is 0 Å². The fourth-order valence-electron chi connectivity index (χ4n) is 6.37. The first kappa shape index (κ1) is 22.6. The summed E-state index contributed by atoms with van der Waals surface area (Å²) in [5.74, 6) is 1.04. The molecule has 0 amide bonds. The van der Waals surface area contributed by atoms with Gasteiger partial charge in [-0.05, 0) is 0 Å². The first-order valence-electron chi connectivity index (χ1n) is 12.6. The number of fused-ring (bicyclic) bond motifs is 2. The SMILES string of the molecule is [CH3][Sn][CH](C1C(C)=Cc2c(-c3ccccc3)cccc21)C1C(C)=Cc2c(-c3ccccc3)cccc21. The number of allylic oxidation sites excluding steroid dienone is 2. The molecule has 0 saturated carbocycles. The monoisotopic (exact) mass is 558 g/mol. The third-order valence-electron chi connectivity index (χ3n) is 7.90. The normalized spacial score (nSPS) is 19.1. The molecule has 170 valence electrons. The molecule has 0 N–H and O–H groups in total. The zero-order valence-electron chi connectivity index (χ0n) is 20.6. The summed E-state index contributed by atoms with van der Waals surface area (Å²) in [5, 5.41) is 0. The van der Waals surface area contributed by atoms with Crippen LogP contribution >= 0.6 is 0 Å². The zero-order valence-corrected chi connectivity index (χ0v) is 23.5. The Kier molecular flexibility index (Phi) is 6.02. The van der Waals surface area contributed by atoms with Crippen molar-refractivity contribution in [3.63, 3.8) is 0 Å². The molecule has 6 rings (SSSR count). The average Bonchev–Trinajstić information content (AvgIpc) is 3.42. The van der Waals surface area contributed by atoms with E-state index in [1.54, 1.807) is 0 Å². The van der Waals surface area contributed by atoms with Crippen LogP contribution in [-0.4, -0.2) is 21.1 Å². The van der Waals surface area contributed by atoms with Crippen molar-refractivity contribution in [2.45, 2.75) is 34.6 Å². The predicted molar refractivity (Wildman–Crippen MR) is 152 cm³/mol. The van der Waals surface area contributed by atoms with E-state index in [9.17, 15) is 0 Å². The molecular weight excluding hydrogens is 527 g/mol. The van der Waals surface area contributed by atoms with Gasteiger partial charge in [-0.2, -0.15) is 0 Å². The molecule has 2 atom stereocenters. The Bertz CT molecular complexity index is 1330. The van der Waals surface area contributed by atoms with Gasteiger partial charge in [0.25, 0.3) is 0 Å². The van der Waals surface area contributed by atoms with E-state index < -0.39 is 21.1 Å². The van der Waals surface area contributed by atoms with E-state index in [0.29, 0.717) is 15.8 Å².